The maximum Gasteiger partial charge on any atom is 0.264 e. The molecule has 1 atom stereocenters. The number of nitrogens with zero attached hydrogens (tertiary/aromatic N) is 2. The normalized spacial score (nSPS) is 12.3. The average Bonchev–Trinajstić information content (AvgIpc) is 2.93. The first-order valence-electron chi connectivity index (χ1n) is 12.6. The molecule has 0 spiro atoms. The number of sulfonamides is 1. The van der Waals surface area contributed by atoms with Crippen LogP contribution in [-0.4, -0.2) is 44.7 Å². The van der Waals surface area contributed by atoms with Gasteiger partial charge in [-0.15, -0.1) is 0 Å². The van der Waals surface area contributed by atoms with E-state index in [1.807, 2.05) is 67.6 Å². The van der Waals surface area contributed by atoms with Crippen molar-refractivity contribution in [3.63, 3.8) is 0 Å². The topological polar surface area (TPSA) is 70.1 Å². The number of aliphatic hydroxyl groups is 1. The van der Waals surface area contributed by atoms with Gasteiger partial charge in [-0.2, -0.15) is 0 Å². The van der Waals surface area contributed by atoms with Gasteiger partial charge in [0.15, 0.2) is 0 Å². The monoisotopic (exact) mass is 530 g/mol. The van der Waals surface area contributed by atoms with Gasteiger partial charge < -0.3 is 9.84 Å². The Bertz CT molecular complexity index is 1350. The zero-order chi connectivity index (χ0) is 27.0. The van der Waals surface area contributed by atoms with Crippen LogP contribution in [0.4, 0.5) is 5.69 Å². The van der Waals surface area contributed by atoms with E-state index in [1.165, 1.54) is 11.4 Å². The number of ether oxygens (including phenoxy) is 1. The van der Waals surface area contributed by atoms with Gasteiger partial charge in [-0.05, 0) is 42.3 Å². The minimum absolute atomic E-state index is 0.128. The van der Waals surface area contributed by atoms with E-state index in [-0.39, 0.29) is 18.0 Å². The Kier molecular flexibility index (Phi) is 9.18. The second-order valence-electron chi connectivity index (χ2n) is 9.32. The van der Waals surface area contributed by atoms with Crippen LogP contribution in [0.2, 0.25) is 0 Å². The lowest BCUT2D eigenvalue weighted by atomic mass is 10.1. The summed E-state index contributed by atoms with van der Waals surface area (Å²) in [5, 5.41) is 11.3. The Morgan fingerprint density at radius 2 is 1.26 bits per heavy atom. The second-order valence-corrected chi connectivity index (χ2v) is 11.2. The van der Waals surface area contributed by atoms with Crippen LogP contribution >= 0.6 is 0 Å². The Labute approximate surface area is 225 Å². The molecule has 0 saturated carbocycles. The number of hydrogen-bond donors (Lipinski definition) is 1. The van der Waals surface area contributed by atoms with Crippen LogP contribution < -0.4 is 9.04 Å². The Balaban J connectivity index is 1.63. The first-order chi connectivity index (χ1) is 18.4. The van der Waals surface area contributed by atoms with E-state index in [0.29, 0.717) is 24.5 Å². The highest BCUT2D eigenvalue weighted by atomic mass is 32.2. The fraction of sp³-hybridized carbons (Fsp3) is 0.226. The van der Waals surface area contributed by atoms with Gasteiger partial charge in [-0.1, -0.05) is 90.5 Å². The minimum Gasteiger partial charge on any atom is -0.495 e. The number of hydrogen-bond acceptors (Lipinski definition) is 5. The van der Waals surface area contributed by atoms with Crippen molar-refractivity contribution in [2.75, 3.05) is 24.5 Å². The first kappa shape index (κ1) is 27.4. The summed E-state index contributed by atoms with van der Waals surface area (Å²) in [5.74, 6) is 0.417. The van der Waals surface area contributed by atoms with Crippen molar-refractivity contribution in [2.24, 2.45) is 0 Å². The fourth-order valence-electron chi connectivity index (χ4n) is 4.41. The van der Waals surface area contributed by atoms with Gasteiger partial charge in [0.05, 0.1) is 30.3 Å². The molecule has 6 nitrogen and oxygen atoms in total. The van der Waals surface area contributed by atoms with E-state index in [0.717, 1.165) is 16.7 Å². The highest BCUT2D eigenvalue weighted by molar-refractivity contribution is 7.92. The number of para-hydroxylation sites is 2. The molecule has 0 bridgehead atoms. The summed E-state index contributed by atoms with van der Waals surface area (Å²) in [6.45, 7) is 3.29. The molecule has 38 heavy (non-hydrogen) atoms. The van der Waals surface area contributed by atoms with Gasteiger partial charge >= 0.3 is 0 Å². The van der Waals surface area contributed by atoms with Crippen molar-refractivity contribution >= 4 is 15.7 Å². The Morgan fingerprint density at radius 1 is 0.737 bits per heavy atom. The van der Waals surface area contributed by atoms with E-state index < -0.39 is 16.1 Å². The van der Waals surface area contributed by atoms with Crippen molar-refractivity contribution in [3.8, 4) is 5.75 Å². The molecule has 0 aliphatic carbocycles. The molecule has 0 radical (unpaired) electrons. The van der Waals surface area contributed by atoms with Crippen molar-refractivity contribution < 1.29 is 18.3 Å². The first-order valence-corrected chi connectivity index (χ1v) is 14.0. The number of rotatable bonds is 12. The molecular weight excluding hydrogens is 496 g/mol. The largest absolute Gasteiger partial charge is 0.495 e. The number of aryl methyl sites for hydroxylation is 1. The van der Waals surface area contributed by atoms with Crippen LogP contribution in [0.5, 0.6) is 5.75 Å². The third kappa shape index (κ3) is 7.01. The summed E-state index contributed by atoms with van der Waals surface area (Å²) in [5.41, 5.74) is 3.58. The van der Waals surface area contributed by atoms with Crippen molar-refractivity contribution in [1.82, 2.24) is 4.90 Å². The molecule has 0 aliphatic rings. The lowest BCUT2D eigenvalue weighted by Crippen LogP contribution is -2.42. The smallest absolute Gasteiger partial charge is 0.264 e. The SMILES string of the molecule is COc1ccccc1N(C[C@@H](O)CN(Cc1ccccc1)Cc1ccccc1)S(=O)(=O)c1ccc(C)cc1. The molecule has 4 aromatic rings. The van der Waals surface area contributed by atoms with Gasteiger partial charge in [0, 0.05) is 19.6 Å². The van der Waals surface area contributed by atoms with E-state index >= 15 is 0 Å². The number of benzene rings is 4. The standard InChI is InChI=1S/C31H34N2O4S/c1-25-17-19-29(20-18-25)38(35,36)33(30-15-9-10-16-31(30)37-2)24-28(34)23-32(21-26-11-5-3-6-12-26)22-27-13-7-4-8-14-27/h3-20,28,34H,21-24H2,1-2H3/t28-/m0/s1. The highest BCUT2D eigenvalue weighted by Gasteiger charge is 2.30. The average molecular weight is 531 g/mol. The summed E-state index contributed by atoms with van der Waals surface area (Å²) in [7, 11) is -2.47. The second kappa shape index (κ2) is 12.7. The van der Waals surface area contributed by atoms with E-state index in [9.17, 15) is 13.5 Å². The van der Waals surface area contributed by atoms with Crippen molar-refractivity contribution in [3.05, 3.63) is 126 Å². The van der Waals surface area contributed by atoms with E-state index in [4.69, 9.17) is 4.74 Å². The molecule has 4 aromatic carbocycles. The molecule has 0 saturated heterocycles. The molecule has 0 unspecified atom stereocenters. The number of anilines is 1. The van der Waals surface area contributed by atoms with Gasteiger partial charge in [0.25, 0.3) is 10.0 Å². The van der Waals surface area contributed by atoms with Crippen LogP contribution in [0, 0.1) is 6.92 Å². The molecule has 0 aromatic heterocycles. The summed E-state index contributed by atoms with van der Waals surface area (Å²) in [6.07, 6.45) is -0.965. The van der Waals surface area contributed by atoms with Crippen molar-refractivity contribution in [2.45, 2.75) is 31.0 Å². The summed E-state index contributed by atoms with van der Waals surface area (Å²) in [4.78, 5) is 2.29. The van der Waals surface area contributed by atoms with E-state index in [2.05, 4.69) is 4.90 Å². The van der Waals surface area contributed by atoms with E-state index in [1.54, 1.807) is 48.5 Å². The predicted molar refractivity (Wildman–Crippen MR) is 152 cm³/mol. The lowest BCUT2D eigenvalue weighted by molar-refractivity contribution is 0.111. The Hall–Kier alpha value is -3.65. The van der Waals surface area contributed by atoms with Crippen LogP contribution in [0.1, 0.15) is 16.7 Å². The van der Waals surface area contributed by atoms with Crippen LogP contribution in [0.25, 0.3) is 0 Å². The van der Waals surface area contributed by atoms with Crippen LogP contribution in [-0.2, 0) is 23.1 Å². The van der Waals surface area contributed by atoms with Crippen LogP contribution in [0.3, 0.4) is 0 Å². The van der Waals surface area contributed by atoms with Crippen molar-refractivity contribution in [1.29, 1.82) is 0 Å². The van der Waals surface area contributed by atoms with Gasteiger partial charge in [-0.3, -0.25) is 9.21 Å². The lowest BCUT2D eigenvalue weighted by Gasteiger charge is -2.31. The maximum atomic E-state index is 13.9. The van der Waals surface area contributed by atoms with Gasteiger partial charge in [0.1, 0.15) is 5.75 Å². The molecule has 4 rings (SSSR count). The molecule has 1 N–H and O–H groups in total. The predicted octanol–water partition coefficient (Wildman–Crippen LogP) is 5.26. The third-order valence-electron chi connectivity index (χ3n) is 6.31. The quantitative estimate of drug-likeness (QED) is 0.271. The summed E-state index contributed by atoms with van der Waals surface area (Å²) >= 11 is 0. The zero-order valence-electron chi connectivity index (χ0n) is 21.8. The molecule has 0 heterocycles. The third-order valence-corrected chi connectivity index (χ3v) is 8.10. The highest BCUT2D eigenvalue weighted by Crippen LogP contribution is 2.32. The molecule has 0 aliphatic heterocycles. The zero-order valence-corrected chi connectivity index (χ0v) is 22.6. The maximum absolute atomic E-state index is 13.9. The van der Waals surface area contributed by atoms with Crippen LogP contribution in [0.15, 0.2) is 114 Å². The molecule has 7 heteroatoms. The molecule has 198 valence electrons. The summed E-state index contributed by atoms with van der Waals surface area (Å²) in [6, 6.07) is 33.8. The number of aliphatic hydroxyl groups excluding tert-OH is 1. The molecule has 0 amide bonds. The summed E-state index contributed by atoms with van der Waals surface area (Å²) < 4.78 is 34.5. The Morgan fingerprint density at radius 3 is 1.82 bits per heavy atom. The van der Waals surface area contributed by atoms with Gasteiger partial charge in [0.2, 0.25) is 0 Å². The number of methoxy groups -OCH3 is 1. The van der Waals surface area contributed by atoms with Gasteiger partial charge in [-0.25, -0.2) is 8.42 Å². The minimum atomic E-state index is -3.98. The molecular formula is C31H34N2O4S. The fourth-order valence-corrected chi connectivity index (χ4v) is 5.93. The molecule has 0 fully saturated rings.